The molecule has 37 heavy (non-hydrogen) atoms. The van der Waals surface area contributed by atoms with E-state index in [1.807, 2.05) is 54.6 Å². The lowest BCUT2D eigenvalue weighted by Crippen LogP contribution is -2.01. The molecule has 0 radical (unpaired) electrons. The molecule has 6 rings (SSSR count). The highest BCUT2D eigenvalue weighted by atomic mass is 19.1. The largest absolute Gasteiger partial charge is 0.208 e. The van der Waals surface area contributed by atoms with E-state index in [-0.39, 0.29) is 46.2 Å². The van der Waals surface area contributed by atoms with Gasteiger partial charge in [-0.3, -0.25) is 0 Å². The number of aromatic nitrogens is 3. The van der Waals surface area contributed by atoms with Gasteiger partial charge in [-0.15, -0.1) is 0 Å². The van der Waals surface area contributed by atoms with Crippen LogP contribution in [0.25, 0.3) is 56.4 Å². The van der Waals surface area contributed by atoms with Gasteiger partial charge in [0.15, 0.2) is 17.5 Å². The minimum Gasteiger partial charge on any atom is -0.208 e. The summed E-state index contributed by atoms with van der Waals surface area (Å²) in [5.74, 6) is -1.30. The zero-order valence-corrected chi connectivity index (χ0v) is 19.3. The summed E-state index contributed by atoms with van der Waals surface area (Å²) in [4.78, 5) is 13.2. The minimum absolute atomic E-state index is 0.0378. The molecule has 5 aromatic carbocycles. The van der Waals surface area contributed by atoms with E-state index >= 15 is 4.39 Å². The average Bonchev–Trinajstić information content (AvgIpc) is 3.06. The summed E-state index contributed by atoms with van der Waals surface area (Å²) in [6.07, 6.45) is 0. The third-order valence-electron chi connectivity index (χ3n) is 5.72. The maximum Gasteiger partial charge on any atom is 0.167 e. The van der Waals surface area contributed by atoms with Crippen LogP contribution in [0.4, 0.5) is 4.39 Å². The maximum absolute atomic E-state index is 15.6. The molecule has 0 aliphatic carbocycles. The van der Waals surface area contributed by atoms with Gasteiger partial charge in [0.25, 0.3) is 0 Å². The normalized spacial score (nSPS) is 13.9. The highest BCUT2D eigenvalue weighted by molar-refractivity contribution is 5.76. The third kappa shape index (κ3) is 4.78. The SMILES string of the molecule is [2H]c1cc(-c2nc(-c3cc(-c4cccc(-c5ccccc5)c4)ccc3F)nc(-c3cc([2H])c([2H])c([2H])c3[2H])n2)c([2H])c([2H])c1[2H]. The number of rotatable bonds is 5. The van der Waals surface area contributed by atoms with E-state index in [1.54, 1.807) is 12.1 Å². The second-order valence-corrected chi connectivity index (χ2v) is 8.10. The Morgan fingerprint density at radius 1 is 0.459 bits per heavy atom. The molecule has 0 spiro atoms. The first-order valence-electron chi connectivity index (χ1n) is 15.4. The zero-order valence-electron chi connectivity index (χ0n) is 27.3. The lowest BCUT2D eigenvalue weighted by atomic mass is 9.97. The van der Waals surface area contributed by atoms with Gasteiger partial charge in [0.2, 0.25) is 0 Å². The first-order chi connectivity index (χ1) is 21.5. The average molecular weight is 488 g/mol. The summed E-state index contributed by atoms with van der Waals surface area (Å²) >= 11 is 0. The monoisotopic (exact) mass is 487 g/mol. The molecular weight excluding hydrogens is 457 g/mol. The molecule has 0 aliphatic heterocycles. The summed E-state index contributed by atoms with van der Waals surface area (Å²) < 4.78 is 80.8. The summed E-state index contributed by atoms with van der Waals surface area (Å²) in [6.45, 7) is 0. The van der Waals surface area contributed by atoms with Gasteiger partial charge < -0.3 is 0 Å². The van der Waals surface area contributed by atoms with Gasteiger partial charge in [-0.1, -0.05) is 115 Å². The number of nitrogens with zero attached hydrogens (tertiary/aromatic N) is 3. The predicted octanol–water partition coefficient (Wildman–Crippen LogP) is 8.35. The molecule has 0 atom stereocenters. The molecule has 0 saturated carbocycles. The van der Waals surface area contributed by atoms with Gasteiger partial charge in [-0.2, -0.15) is 0 Å². The van der Waals surface area contributed by atoms with Crippen LogP contribution < -0.4 is 0 Å². The van der Waals surface area contributed by atoms with E-state index < -0.39 is 42.1 Å². The lowest BCUT2D eigenvalue weighted by molar-refractivity contribution is 0.630. The first-order valence-corrected chi connectivity index (χ1v) is 11.4. The topological polar surface area (TPSA) is 38.7 Å². The van der Waals surface area contributed by atoms with E-state index in [4.69, 9.17) is 11.0 Å². The number of benzene rings is 5. The Morgan fingerprint density at radius 3 is 1.70 bits per heavy atom. The summed E-state index contributed by atoms with van der Waals surface area (Å²) in [6, 6.07) is 20.8. The van der Waals surface area contributed by atoms with Crippen molar-refractivity contribution < 1.29 is 15.4 Å². The van der Waals surface area contributed by atoms with Crippen molar-refractivity contribution >= 4 is 0 Å². The van der Waals surface area contributed by atoms with Crippen molar-refractivity contribution in [3.63, 3.8) is 0 Å². The van der Waals surface area contributed by atoms with E-state index in [2.05, 4.69) is 15.0 Å². The smallest absolute Gasteiger partial charge is 0.167 e. The van der Waals surface area contributed by atoms with Crippen molar-refractivity contribution in [2.24, 2.45) is 0 Å². The Bertz CT molecular complexity index is 2040. The number of halogens is 1. The second kappa shape index (κ2) is 9.96. The van der Waals surface area contributed by atoms with Gasteiger partial charge >= 0.3 is 0 Å². The van der Waals surface area contributed by atoms with Crippen LogP contribution in [0.1, 0.15) is 11.0 Å². The van der Waals surface area contributed by atoms with Crippen LogP contribution in [0.2, 0.25) is 0 Å². The highest BCUT2D eigenvalue weighted by Crippen LogP contribution is 2.31. The Morgan fingerprint density at radius 2 is 1.03 bits per heavy atom. The van der Waals surface area contributed by atoms with Crippen LogP contribution >= 0.6 is 0 Å². The van der Waals surface area contributed by atoms with Gasteiger partial charge in [0.05, 0.1) is 16.5 Å². The van der Waals surface area contributed by atoms with Crippen molar-refractivity contribution in [3.05, 3.63) is 139 Å². The van der Waals surface area contributed by atoms with Gasteiger partial charge in [0, 0.05) is 11.1 Å². The fraction of sp³-hybridized carbons (Fsp3) is 0. The number of hydrogen-bond acceptors (Lipinski definition) is 3. The molecule has 1 aromatic heterocycles. The fourth-order valence-electron chi connectivity index (χ4n) is 3.92. The zero-order chi connectivity index (χ0) is 32.0. The van der Waals surface area contributed by atoms with Gasteiger partial charge in [0.1, 0.15) is 5.82 Å². The van der Waals surface area contributed by atoms with Crippen molar-refractivity contribution in [2.75, 3.05) is 0 Å². The van der Waals surface area contributed by atoms with Crippen molar-refractivity contribution in [3.8, 4) is 56.4 Å². The Kier molecular flexibility index (Phi) is 4.09. The fourth-order valence-corrected chi connectivity index (χ4v) is 3.92. The molecule has 4 heteroatoms. The Hall–Kier alpha value is -4.96. The van der Waals surface area contributed by atoms with E-state index in [9.17, 15) is 0 Å². The van der Waals surface area contributed by atoms with Crippen molar-refractivity contribution in [1.82, 2.24) is 15.0 Å². The molecule has 0 saturated heterocycles. The van der Waals surface area contributed by atoms with Crippen LogP contribution in [0.3, 0.4) is 0 Å². The predicted molar refractivity (Wildman–Crippen MR) is 147 cm³/mol. The van der Waals surface area contributed by atoms with E-state index in [0.29, 0.717) is 5.56 Å². The van der Waals surface area contributed by atoms with Crippen molar-refractivity contribution in [1.29, 1.82) is 0 Å². The Labute approximate surface area is 226 Å². The van der Waals surface area contributed by atoms with Crippen LogP contribution in [0, 0.1) is 5.82 Å². The molecule has 0 fully saturated rings. The van der Waals surface area contributed by atoms with Crippen LogP contribution in [-0.2, 0) is 0 Å². The Balaban J connectivity index is 1.58. The molecule has 0 unspecified atom stereocenters. The molecule has 0 N–H and O–H groups in total. The molecule has 3 nitrogen and oxygen atoms in total. The van der Waals surface area contributed by atoms with Crippen molar-refractivity contribution in [2.45, 2.75) is 0 Å². The highest BCUT2D eigenvalue weighted by Gasteiger charge is 2.16. The van der Waals surface area contributed by atoms with Crippen LogP contribution in [0.5, 0.6) is 0 Å². The summed E-state index contributed by atoms with van der Waals surface area (Å²) in [5.41, 5.74) is 3.20. The first kappa shape index (κ1) is 15.2. The molecule has 0 bridgehead atoms. The van der Waals surface area contributed by atoms with Gasteiger partial charge in [-0.05, 0) is 40.5 Å². The minimum atomic E-state index is -0.675. The summed E-state index contributed by atoms with van der Waals surface area (Å²) in [7, 11) is 0. The lowest BCUT2D eigenvalue weighted by Gasteiger charge is -2.11. The molecule has 6 aromatic rings. The summed E-state index contributed by atoms with van der Waals surface area (Å²) in [5, 5.41) is 0. The maximum atomic E-state index is 15.6. The third-order valence-corrected chi connectivity index (χ3v) is 5.72. The standard InChI is InChI=1S/C33H22FN3/c34-30-20-19-28(27-18-10-17-26(21-27)23-11-4-1-5-12-23)22-29(30)33-36-31(24-13-6-2-7-14-24)35-32(37-33)25-15-8-3-9-16-25/h1-22H/i2D,3D,6D,7D,8D,9D,13D,15D. The van der Waals surface area contributed by atoms with E-state index in [0.717, 1.165) is 28.8 Å². The van der Waals surface area contributed by atoms with Crippen LogP contribution in [-0.4, -0.2) is 15.0 Å². The van der Waals surface area contributed by atoms with E-state index in [1.165, 1.54) is 6.07 Å². The molecule has 176 valence electrons. The quantitative estimate of drug-likeness (QED) is 0.245. The second-order valence-electron chi connectivity index (χ2n) is 8.10. The van der Waals surface area contributed by atoms with Crippen LogP contribution in [0.15, 0.2) is 133 Å². The molecule has 0 amide bonds. The molecular formula is C33H22FN3. The van der Waals surface area contributed by atoms with Gasteiger partial charge in [-0.25, -0.2) is 19.3 Å². The molecule has 0 aliphatic rings. The number of hydrogen-bond donors (Lipinski definition) is 0. The molecule has 1 heterocycles.